The van der Waals surface area contributed by atoms with Crippen LogP contribution in [0.15, 0.2) is 90.0 Å². The number of rotatable bonds is 7. The van der Waals surface area contributed by atoms with Crippen LogP contribution in [0.1, 0.15) is 70.2 Å². The highest BCUT2D eigenvalue weighted by molar-refractivity contribution is 7.56. The van der Waals surface area contributed by atoms with E-state index in [2.05, 4.69) is 103 Å². The first-order chi connectivity index (χ1) is 18.0. The third-order valence-electron chi connectivity index (χ3n) is 6.95. The number of hydrogen-bond acceptors (Lipinski definition) is 2. The lowest BCUT2D eigenvalue weighted by Crippen LogP contribution is -2.25. The van der Waals surface area contributed by atoms with Crippen LogP contribution in [-0.4, -0.2) is 12.8 Å². The zero-order chi connectivity index (χ0) is 27.3. The standard InChI is InChI=1S/C35H42NOP/c1-25-15-14-18-27(23-36-29-19-12-9-13-20-29)33(25)38-31-22-28(34(2,3)4)21-30(35(5,6)7)32(31)37-24-26-16-10-8-11-17-26/h8-16,18-23,26,38H,17,24H2,1-7H3. The monoisotopic (exact) mass is 523 g/mol. The molecule has 3 aromatic rings. The number of hydrogen-bond donors (Lipinski definition) is 0. The summed E-state index contributed by atoms with van der Waals surface area (Å²) in [5.74, 6) is 1.46. The van der Waals surface area contributed by atoms with Gasteiger partial charge in [0.25, 0.3) is 0 Å². The maximum Gasteiger partial charge on any atom is 0.130 e. The summed E-state index contributed by atoms with van der Waals surface area (Å²) in [6.07, 6.45) is 11.8. The molecular formula is C35H42NOP. The lowest BCUT2D eigenvalue weighted by atomic mass is 9.80. The Morgan fingerprint density at radius 1 is 0.921 bits per heavy atom. The zero-order valence-corrected chi connectivity index (χ0v) is 25.0. The molecule has 198 valence electrons. The van der Waals surface area contributed by atoms with Crippen LogP contribution >= 0.6 is 8.58 Å². The molecule has 2 nitrogen and oxygen atoms in total. The molecule has 0 aliphatic heterocycles. The lowest BCUT2D eigenvalue weighted by Gasteiger charge is -2.30. The smallest absolute Gasteiger partial charge is 0.130 e. The van der Waals surface area contributed by atoms with Gasteiger partial charge in [-0.15, -0.1) is 0 Å². The van der Waals surface area contributed by atoms with E-state index in [4.69, 9.17) is 9.73 Å². The van der Waals surface area contributed by atoms with Crippen molar-refractivity contribution >= 4 is 31.1 Å². The molecule has 2 atom stereocenters. The number of benzene rings is 3. The fraction of sp³-hybridized carbons (Fsp3) is 0.343. The summed E-state index contributed by atoms with van der Waals surface area (Å²) in [6.45, 7) is 16.7. The Morgan fingerprint density at radius 2 is 1.68 bits per heavy atom. The quantitative estimate of drug-likeness (QED) is 0.225. The summed E-state index contributed by atoms with van der Waals surface area (Å²) in [4.78, 5) is 4.79. The minimum absolute atomic E-state index is 0.0397. The van der Waals surface area contributed by atoms with E-state index < -0.39 is 0 Å². The van der Waals surface area contributed by atoms with Crippen molar-refractivity contribution in [2.75, 3.05) is 6.61 Å². The second kappa shape index (κ2) is 11.8. The first kappa shape index (κ1) is 28.1. The van der Waals surface area contributed by atoms with E-state index in [0.29, 0.717) is 21.1 Å². The van der Waals surface area contributed by atoms with Crippen LogP contribution in [0.3, 0.4) is 0 Å². The normalized spacial score (nSPS) is 16.1. The highest BCUT2D eigenvalue weighted by atomic mass is 31.1. The van der Waals surface area contributed by atoms with Crippen LogP contribution in [0, 0.1) is 12.8 Å². The number of nitrogens with zero attached hydrogens (tertiary/aromatic N) is 1. The van der Waals surface area contributed by atoms with Gasteiger partial charge in [0.2, 0.25) is 0 Å². The molecule has 1 aliphatic carbocycles. The molecule has 0 amide bonds. The van der Waals surface area contributed by atoms with Crippen LogP contribution < -0.4 is 15.3 Å². The third-order valence-corrected chi connectivity index (χ3v) is 8.52. The van der Waals surface area contributed by atoms with Crippen LogP contribution in [0.4, 0.5) is 5.69 Å². The fourth-order valence-electron chi connectivity index (χ4n) is 4.57. The average Bonchev–Trinajstić information content (AvgIpc) is 2.88. The molecular weight excluding hydrogens is 481 g/mol. The molecule has 1 aliphatic rings. The molecule has 0 fully saturated rings. The Kier molecular flexibility index (Phi) is 8.74. The molecule has 0 radical (unpaired) electrons. The minimum Gasteiger partial charge on any atom is -0.492 e. The number of aliphatic imine (C=N–C) groups is 1. The molecule has 0 aromatic heterocycles. The molecule has 0 bridgehead atoms. The van der Waals surface area contributed by atoms with Crippen molar-refractivity contribution in [3.05, 3.63) is 107 Å². The van der Waals surface area contributed by atoms with Crippen LogP contribution in [0.5, 0.6) is 5.75 Å². The molecule has 38 heavy (non-hydrogen) atoms. The van der Waals surface area contributed by atoms with Gasteiger partial charge in [-0.05, 0) is 58.8 Å². The van der Waals surface area contributed by atoms with Gasteiger partial charge in [0.05, 0.1) is 12.3 Å². The predicted molar refractivity (Wildman–Crippen MR) is 168 cm³/mol. The SMILES string of the molecule is Cc1cccc(C=Nc2ccccc2)c1Pc1cc(C(C)(C)C)cc(C(C)(C)C)c1OCC1C=CC=CC1. The maximum absolute atomic E-state index is 6.77. The molecule has 0 spiro atoms. The fourth-order valence-corrected chi connectivity index (χ4v) is 5.96. The summed E-state index contributed by atoms with van der Waals surface area (Å²) in [7, 11) is 0.462. The summed E-state index contributed by atoms with van der Waals surface area (Å²) >= 11 is 0. The van der Waals surface area contributed by atoms with E-state index >= 15 is 0 Å². The summed E-state index contributed by atoms with van der Waals surface area (Å²) in [6, 6.07) is 21.4. The summed E-state index contributed by atoms with van der Waals surface area (Å²) < 4.78 is 6.77. The van der Waals surface area contributed by atoms with E-state index in [9.17, 15) is 0 Å². The van der Waals surface area contributed by atoms with E-state index in [-0.39, 0.29) is 10.8 Å². The Morgan fingerprint density at radius 3 is 2.34 bits per heavy atom. The van der Waals surface area contributed by atoms with Gasteiger partial charge >= 0.3 is 0 Å². The molecule has 3 heteroatoms. The minimum atomic E-state index is -0.0402. The van der Waals surface area contributed by atoms with Crippen LogP contribution in [-0.2, 0) is 10.8 Å². The van der Waals surface area contributed by atoms with Crippen molar-refractivity contribution in [1.82, 2.24) is 0 Å². The Labute approximate surface area is 231 Å². The lowest BCUT2D eigenvalue weighted by molar-refractivity contribution is 0.271. The van der Waals surface area contributed by atoms with Gasteiger partial charge in [0, 0.05) is 28.6 Å². The average molecular weight is 524 g/mol. The van der Waals surface area contributed by atoms with Crippen molar-refractivity contribution in [2.45, 2.75) is 65.7 Å². The van der Waals surface area contributed by atoms with Gasteiger partial charge < -0.3 is 4.74 Å². The van der Waals surface area contributed by atoms with Crippen molar-refractivity contribution < 1.29 is 4.74 Å². The summed E-state index contributed by atoms with van der Waals surface area (Å²) in [5.41, 5.74) is 6.05. The van der Waals surface area contributed by atoms with Gasteiger partial charge in [-0.25, -0.2) is 0 Å². The molecule has 2 unspecified atom stereocenters. The molecule has 0 saturated heterocycles. The first-order valence-electron chi connectivity index (χ1n) is 13.6. The zero-order valence-electron chi connectivity index (χ0n) is 24.0. The van der Waals surface area contributed by atoms with E-state index in [1.807, 2.05) is 36.5 Å². The van der Waals surface area contributed by atoms with Gasteiger partial charge in [0.15, 0.2) is 0 Å². The highest BCUT2D eigenvalue weighted by Crippen LogP contribution is 2.38. The van der Waals surface area contributed by atoms with Crippen molar-refractivity contribution in [3.63, 3.8) is 0 Å². The Bertz CT molecular complexity index is 1340. The molecule has 0 N–H and O–H groups in total. The first-order valence-corrected chi connectivity index (χ1v) is 14.6. The number of aryl methyl sites for hydroxylation is 1. The van der Waals surface area contributed by atoms with E-state index in [1.165, 1.54) is 27.3 Å². The van der Waals surface area contributed by atoms with Crippen molar-refractivity contribution in [3.8, 4) is 5.75 Å². The van der Waals surface area contributed by atoms with Gasteiger partial charge in [-0.3, -0.25) is 4.99 Å². The third kappa shape index (κ3) is 7.12. The van der Waals surface area contributed by atoms with Gasteiger partial charge in [-0.1, -0.05) is 117 Å². The van der Waals surface area contributed by atoms with E-state index in [0.717, 1.165) is 23.4 Å². The number of ether oxygens (including phenoxy) is 1. The maximum atomic E-state index is 6.77. The number of para-hydroxylation sites is 1. The molecule has 0 saturated carbocycles. The Hall–Kier alpha value is -2.96. The van der Waals surface area contributed by atoms with Crippen LogP contribution in [0.2, 0.25) is 0 Å². The van der Waals surface area contributed by atoms with Gasteiger partial charge in [0.1, 0.15) is 5.75 Å². The van der Waals surface area contributed by atoms with Gasteiger partial charge in [-0.2, -0.15) is 0 Å². The van der Waals surface area contributed by atoms with Crippen molar-refractivity contribution in [2.24, 2.45) is 10.9 Å². The summed E-state index contributed by atoms with van der Waals surface area (Å²) in [5, 5.41) is 2.60. The number of allylic oxidation sites excluding steroid dienone is 3. The highest BCUT2D eigenvalue weighted by Gasteiger charge is 2.27. The van der Waals surface area contributed by atoms with Crippen LogP contribution in [0.25, 0.3) is 0 Å². The second-order valence-electron chi connectivity index (χ2n) is 12.3. The van der Waals surface area contributed by atoms with Crippen molar-refractivity contribution in [1.29, 1.82) is 0 Å². The largest absolute Gasteiger partial charge is 0.492 e. The topological polar surface area (TPSA) is 21.6 Å². The predicted octanol–water partition coefficient (Wildman–Crippen LogP) is 8.48. The van der Waals surface area contributed by atoms with E-state index in [1.54, 1.807) is 0 Å². The molecule has 0 heterocycles. The molecule has 4 rings (SSSR count). The molecule has 3 aromatic carbocycles. The Balaban J connectivity index is 1.80. The second-order valence-corrected chi connectivity index (χ2v) is 13.6.